The number of allylic oxidation sites excluding steroid dienone is 18. The maximum Gasteiger partial charge on any atom is 0.306 e. The lowest BCUT2D eigenvalue weighted by atomic mass is 10.0. The summed E-state index contributed by atoms with van der Waals surface area (Å²) in [5.41, 5.74) is 0. The highest BCUT2D eigenvalue weighted by Crippen LogP contribution is 2.15. The second-order valence-electron chi connectivity index (χ2n) is 18.4. The van der Waals surface area contributed by atoms with Crippen LogP contribution in [0.15, 0.2) is 109 Å². The first-order chi connectivity index (χ1) is 34.0. The fourth-order valence-corrected chi connectivity index (χ4v) is 7.60. The maximum absolute atomic E-state index is 12.9. The van der Waals surface area contributed by atoms with E-state index >= 15 is 0 Å². The van der Waals surface area contributed by atoms with Crippen LogP contribution in [0.4, 0.5) is 0 Å². The van der Waals surface area contributed by atoms with Crippen molar-refractivity contribution >= 4 is 17.9 Å². The first kappa shape index (κ1) is 65.1. The minimum atomic E-state index is -0.812. The lowest BCUT2D eigenvalue weighted by molar-refractivity contribution is -0.166. The highest BCUT2D eigenvalue weighted by molar-refractivity contribution is 5.71. The van der Waals surface area contributed by atoms with Crippen molar-refractivity contribution in [1.82, 2.24) is 0 Å². The van der Waals surface area contributed by atoms with Crippen LogP contribution < -0.4 is 0 Å². The monoisotopic (exact) mass is 957 g/mol. The molecule has 0 radical (unpaired) electrons. The second kappa shape index (κ2) is 56.7. The molecular formula is C63H104O6. The highest BCUT2D eigenvalue weighted by atomic mass is 16.6. The predicted molar refractivity (Wildman–Crippen MR) is 297 cm³/mol. The van der Waals surface area contributed by atoms with Gasteiger partial charge in [0.1, 0.15) is 13.2 Å². The normalized spacial score (nSPS) is 12.9. The summed E-state index contributed by atoms with van der Waals surface area (Å²) in [5.74, 6) is -0.995. The largest absolute Gasteiger partial charge is 0.462 e. The van der Waals surface area contributed by atoms with E-state index in [0.29, 0.717) is 19.3 Å². The van der Waals surface area contributed by atoms with Crippen LogP contribution in [0.25, 0.3) is 0 Å². The van der Waals surface area contributed by atoms with Crippen molar-refractivity contribution in [3.63, 3.8) is 0 Å². The number of rotatable bonds is 50. The lowest BCUT2D eigenvalue weighted by Gasteiger charge is -2.18. The summed E-state index contributed by atoms with van der Waals surface area (Å²) in [4.78, 5) is 38.1. The van der Waals surface area contributed by atoms with E-state index in [1.54, 1.807) is 0 Å². The molecule has 0 bridgehead atoms. The van der Waals surface area contributed by atoms with Gasteiger partial charge in [-0.15, -0.1) is 0 Å². The van der Waals surface area contributed by atoms with Gasteiger partial charge < -0.3 is 14.2 Å². The predicted octanol–water partition coefficient (Wildman–Crippen LogP) is 19.1. The second-order valence-corrected chi connectivity index (χ2v) is 18.4. The summed E-state index contributed by atoms with van der Waals surface area (Å²) >= 11 is 0. The van der Waals surface area contributed by atoms with Crippen LogP contribution in [0.5, 0.6) is 0 Å². The van der Waals surface area contributed by atoms with Crippen LogP contribution in [0.3, 0.4) is 0 Å². The van der Waals surface area contributed by atoms with Crippen molar-refractivity contribution in [3.8, 4) is 0 Å². The van der Waals surface area contributed by atoms with Crippen LogP contribution in [-0.4, -0.2) is 37.2 Å². The van der Waals surface area contributed by atoms with Gasteiger partial charge in [-0.3, -0.25) is 14.4 Å². The van der Waals surface area contributed by atoms with Gasteiger partial charge >= 0.3 is 17.9 Å². The van der Waals surface area contributed by atoms with Gasteiger partial charge in [-0.25, -0.2) is 0 Å². The molecule has 1 unspecified atom stereocenters. The van der Waals surface area contributed by atoms with Crippen LogP contribution in [0.1, 0.15) is 252 Å². The molecule has 69 heavy (non-hydrogen) atoms. The summed E-state index contributed by atoms with van der Waals surface area (Å²) < 4.78 is 16.8. The Morgan fingerprint density at radius 3 is 0.971 bits per heavy atom. The number of ether oxygens (including phenoxy) is 3. The summed E-state index contributed by atoms with van der Waals surface area (Å²) in [6.07, 6.45) is 76.6. The number of carbonyl (C=O) groups is 3. The molecule has 0 fully saturated rings. The Balaban J connectivity index is 4.49. The van der Waals surface area contributed by atoms with Crippen molar-refractivity contribution in [2.75, 3.05) is 13.2 Å². The molecule has 0 saturated heterocycles. The number of hydrogen-bond acceptors (Lipinski definition) is 6. The highest BCUT2D eigenvalue weighted by Gasteiger charge is 2.19. The molecule has 0 amide bonds. The van der Waals surface area contributed by atoms with Gasteiger partial charge in [0.05, 0.1) is 0 Å². The molecule has 0 spiro atoms. The van der Waals surface area contributed by atoms with Crippen molar-refractivity contribution in [2.45, 2.75) is 258 Å². The third-order valence-corrected chi connectivity index (χ3v) is 11.8. The van der Waals surface area contributed by atoms with Crippen molar-refractivity contribution in [1.29, 1.82) is 0 Å². The van der Waals surface area contributed by atoms with E-state index in [-0.39, 0.29) is 37.5 Å². The van der Waals surface area contributed by atoms with E-state index in [9.17, 15) is 14.4 Å². The Morgan fingerprint density at radius 2 is 0.594 bits per heavy atom. The summed E-state index contributed by atoms with van der Waals surface area (Å²) in [5, 5.41) is 0. The summed E-state index contributed by atoms with van der Waals surface area (Å²) in [6, 6.07) is 0. The molecular weight excluding hydrogens is 853 g/mol. The minimum Gasteiger partial charge on any atom is -0.462 e. The molecule has 0 aromatic heterocycles. The Labute approximate surface area is 425 Å². The van der Waals surface area contributed by atoms with E-state index in [0.717, 1.165) is 103 Å². The molecule has 0 saturated carbocycles. The average molecular weight is 958 g/mol. The fourth-order valence-electron chi connectivity index (χ4n) is 7.60. The van der Waals surface area contributed by atoms with Gasteiger partial charge in [0.25, 0.3) is 0 Å². The Morgan fingerprint density at radius 1 is 0.304 bits per heavy atom. The van der Waals surface area contributed by atoms with Crippen LogP contribution in [-0.2, 0) is 28.6 Å². The van der Waals surface area contributed by atoms with Crippen LogP contribution in [0.2, 0.25) is 0 Å². The number of carbonyl (C=O) groups excluding carboxylic acids is 3. The number of hydrogen-bond donors (Lipinski definition) is 0. The van der Waals surface area contributed by atoms with Gasteiger partial charge in [0.15, 0.2) is 6.10 Å². The van der Waals surface area contributed by atoms with Crippen LogP contribution in [0, 0.1) is 0 Å². The first-order valence-corrected chi connectivity index (χ1v) is 28.4. The van der Waals surface area contributed by atoms with E-state index < -0.39 is 6.10 Å². The van der Waals surface area contributed by atoms with Crippen molar-refractivity contribution < 1.29 is 28.6 Å². The quantitative estimate of drug-likeness (QED) is 0.0262. The van der Waals surface area contributed by atoms with E-state index in [2.05, 4.69) is 124 Å². The smallest absolute Gasteiger partial charge is 0.306 e. The summed E-state index contributed by atoms with van der Waals surface area (Å²) in [6.45, 7) is 6.35. The average Bonchev–Trinajstić information content (AvgIpc) is 3.35. The van der Waals surface area contributed by atoms with Gasteiger partial charge in [-0.05, 0) is 89.9 Å². The third kappa shape index (κ3) is 54.9. The molecule has 0 heterocycles. The Bertz CT molecular complexity index is 1420. The molecule has 1 atom stereocenters. The molecule has 0 aliphatic rings. The molecule has 0 aromatic rings. The zero-order valence-electron chi connectivity index (χ0n) is 44.8. The zero-order chi connectivity index (χ0) is 50.0. The van der Waals surface area contributed by atoms with Gasteiger partial charge in [-0.1, -0.05) is 252 Å². The first-order valence-electron chi connectivity index (χ1n) is 28.4. The molecule has 0 rings (SSSR count). The molecule has 0 aliphatic carbocycles. The maximum atomic E-state index is 12.9. The van der Waals surface area contributed by atoms with Gasteiger partial charge in [0.2, 0.25) is 0 Å². The SMILES string of the molecule is CC/C=C\C/C=C\C/C=C\C/C=C\C/C=C\C/C=C\CCC(=O)OCC(COC(=O)CCCCCCCCCCCCCCC)OC(=O)CCCCCCCCCCC/C=C\C/C=C\C/C=C\CC. The number of unbranched alkanes of at least 4 members (excludes halogenated alkanes) is 21. The third-order valence-electron chi connectivity index (χ3n) is 11.8. The Kier molecular flexibility index (Phi) is 53.4. The minimum absolute atomic E-state index is 0.103. The van der Waals surface area contributed by atoms with Crippen LogP contribution >= 0.6 is 0 Å². The molecule has 0 aliphatic heterocycles. The van der Waals surface area contributed by atoms with E-state index in [1.165, 1.54) is 103 Å². The topological polar surface area (TPSA) is 78.9 Å². The molecule has 0 N–H and O–H groups in total. The molecule has 0 aromatic carbocycles. The van der Waals surface area contributed by atoms with Crippen molar-refractivity contribution in [2.24, 2.45) is 0 Å². The lowest BCUT2D eigenvalue weighted by Crippen LogP contribution is -2.30. The van der Waals surface area contributed by atoms with Gasteiger partial charge in [-0.2, -0.15) is 0 Å². The summed E-state index contributed by atoms with van der Waals surface area (Å²) in [7, 11) is 0. The van der Waals surface area contributed by atoms with Crippen molar-refractivity contribution in [3.05, 3.63) is 109 Å². The molecule has 392 valence electrons. The van der Waals surface area contributed by atoms with Gasteiger partial charge in [0, 0.05) is 19.3 Å². The fraction of sp³-hybridized carbons (Fsp3) is 0.667. The number of esters is 3. The standard InChI is InChI=1S/C63H104O6/c1-4-7-10-13-16-19-22-25-27-29-31-33-35-38-41-44-47-50-53-56-62(65)68-59-60(58-67-61(64)55-52-49-46-43-40-37-24-21-18-15-12-9-6-3)69-63(66)57-54-51-48-45-42-39-36-34-32-30-28-26-23-20-17-14-11-8-5-2/h7-8,10-11,16-17,19-20,25-28,31,33,38,41,47,50,60H,4-6,9,12-15,18,21-24,29-30,32,34-37,39-40,42-46,48-49,51-59H2,1-3H3/b10-7-,11-8-,19-16-,20-17-,27-25-,28-26-,33-31-,41-38-,50-47-. The van der Waals surface area contributed by atoms with E-state index in [1.807, 2.05) is 6.08 Å². The molecule has 6 nitrogen and oxygen atoms in total. The van der Waals surface area contributed by atoms with E-state index in [4.69, 9.17) is 14.2 Å². The zero-order valence-corrected chi connectivity index (χ0v) is 44.8. The Hall–Kier alpha value is -3.93. The molecule has 6 heteroatoms.